The molecule has 5 heteroatoms. The molecule has 0 saturated carbocycles. The monoisotopic (exact) mass is 402 g/mol. The molecule has 1 aromatic heterocycles. The summed E-state index contributed by atoms with van der Waals surface area (Å²) in [6, 6.07) is 7.85. The standard InChI is InChI=1S/C15H16Br2O3/c1-4-9-5-7-12(20-9)13(16)10-6-8-11(18-2)14(17)15(10)19-3/h5-8,13H,4H2,1-3H3. The van der Waals surface area contributed by atoms with Gasteiger partial charge in [-0.05, 0) is 40.2 Å². The lowest BCUT2D eigenvalue weighted by Gasteiger charge is -2.16. The zero-order valence-corrected chi connectivity index (χ0v) is 14.7. The summed E-state index contributed by atoms with van der Waals surface area (Å²) in [4.78, 5) is -0.0695. The van der Waals surface area contributed by atoms with Crippen molar-refractivity contribution >= 4 is 31.9 Å². The largest absolute Gasteiger partial charge is 0.495 e. The molecular formula is C15H16Br2O3. The summed E-state index contributed by atoms with van der Waals surface area (Å²) in [5.74, 6) is 3.30. The van der Waals surface area contributed by atoms with Crippen LogP contribution in [-0.2, 0) is 6.42 Å². The van der Waals surface area contributed by atoms with Crippen molar-refractivity contribution in [2.45, 2.75) is 18.2 Å². The molecule has 2 rings (SSSR count). The van der Waals surface area contributed by atoms with Crippen LogP contribution in [0.1, 0.15) is 28.8 Å². The fourth-order valence-electron chi connectivity index (χ4n) is 1.99. The van der Waals surface area contributed by atoms with Gasteiger partial charge < -0.3 is 13.9 Å². The van der Waals surface area contributed by atoms with Crippen LogP contribution in [0.5, 0.6) is 11.5 Å². The van der Waals surface area contributed by atoms with E-state index in [9.17, 15) is 0 Å². The predicted octanol–water partition coefficient (Wildman–Crippen LogP) is 5.11. The number of furan rings is 1. The molecule has 108 valence electrons. The minimum absolute atomic E-state index is 0.0695. The smallest absolute Gasteiger partial charge is 0.141 e. The molecule has 0 fully saturated rings. The molecule has 0 N–H and O–H groups in total. The number of halogens is 2. The Bertz CT molecular complexity index is 593. The number of hydrogen-bond donors (Lipinski definition) is 0. The molecule has 0 aliphatic heterocycles. The summed E-state index contributed by atoms with van der Waals surface area (Å²) >= 11 is 7.18. The lowest BCUT2D eigenvalue weighted by atomic mass is 10.1. The summed E-state index contributed by atoms with van der Waals surface area (Å²) in [5.41, 5.74) is 0.983. The number of rotatable bonds is 5. The number of benzene rings is 1. The molecule has 1 unspecified atom stereocenters. The van der Waals surface area contributed by atoms with E-state index in [1.54, 1.807) is 14.2 Å². The van der Waals surface area contributed by atoms with Crippen molar-refractivity contribution in [2.24, 2.45) is 0 Å². The normalized spacial score (nSPS) is 12.2. The molecule has 0 spiro atoms. The quantitative estimate of drug-likeness (QED) is 0.650. The van der Waals surface area contributed by atoms with Gasteiger partial charge in [-0.25, -0.2) is 0 Å². The second kappa shape index (κ2) is 6.68. The van der Waals surface area contributed by atoms with Gasteiger partial charge in [0.2, 0.25) is 0 Å². The first kappa shape index (κ1) is 15.4. The maximum atomic E-state index is 5.80. The van der Waals surface area contributed by atoms with E-state index in [-0.39, 0.29) is 4.83 Å². The van der Waals surface area contributed by atoms with E-state index >= 15 is 0 Å². The first-order valence-electron chi connectivity index (χ1n) is 6.25. The highest BCUT2D eigenvalue weighted by molar-refractivity contribution is 9.10. The molecular weight excluding hydrogens is 388 g/mol. The van der Waals surface area contributed by atoms with Gasteiger partial charge in [-0.1, -0.05) is 22.9 Å². The predicted molar refractivity (Wildman–Crippen MR) is 86.1 cm³/mol. The lowest BCUT2D eigenvalue weighted by Crippen LogP contribution is -1.98. The molecule has 1 atom stereocenters. The minimum atomic E-state index is -0.0695. The van der Waals surface area contributed by atoms with Gasteiger partial charge >= 0.3 is 0 Å². The van der Waals surface area contributed by atoms with Crippen LogP contribution in [0.25, 0.3) is 0 Å². The molecule has 0 saturated heterocycles. The van der Waals surface area contributed by atoms with Crippen molar-refractivity contribution < 1.29 is 13.9 Å². The highest BCUT2D eigenvalue weighted by Gasteiger charge is 2.22. The summed E-state index contributed by atoms with van der Waals surface area (Å²) in [6.07, 6.45) is 0.878. The van der Waals surface area contributed by atoms with Crippen molar-refractivity contribution in [3.63, 3.8) is 0 Å². The topological polar surface area (TPSA) is 31.6 Å². The summed E-state index contributed by atoms with van der Waals surface area (Å²) in [5, 5.41) is 0. The number of methoxy groups -OCH3 is 2. The maximum absolute atomic E-state index is 5.80. The maximum Gasteiger partial charge on any atom is 0.141 e. The Labute approximate surface area is 135 Å². The molecule has 0 bridgehead atoms. The molecule has 0 aliphatic rings. The van der Waals surface area contributed by atoms with E-state index in [0.717, 1.165) is 39.5 Å². The average Bonchev–Trinajstić information content (AvgIpc) is 2.95. The van der Waals surface area contributed by atoms with Crippen molar-refractivity contribution in [1.29, 1.82) is 0 Å². The molecule has 0 amide bonds. The van der Waals surface area contributed by atoms with E-state index in [1.807, 2.05) is 24.3 Å². The first-order chi connectivity index (χ1) is 9.62. The number of alkyl halides is 1. The molecule has 1 heterocycles. The van der Waals surface area contributed by atoms with Crippen LogP contribution < -0.4 is 9.47 Å². The van der Waals surface area contributed by atoms with Crippen LogP contribution in [-0.4, -0.2) is 14.2 Å². The highest BCUT2D eigenvalue weighted by Crippen LogP contribution is 2.44. The fourth-order valence-corrected chi connectivity index (χ4v) is 3.28. The van der Waals surface area contributed by atoms with Gasteiger partial charge in [-0.2, -0.15) is 0 Å². The highest BCUT2D eigenvalue weighted by atomic mass is 79.9. The third kappa shape index (κ3) is 2.88. The van der Waals surface area contributed by atoms with Gasteiger partial charge in [0.05, 0.1) is 14.2 Å². The van der Waals surface area contributed by atoms with Gasteiger partial charge in [0.25, 0.3) is 0 Å². The summed E-state index contributed by atoms with van der Waals surface area (Å²) in [7, 11) is 3.27. The van der Waals surface area contributed by atoms with Crippen LogP contribution in [0.15, 0.2) is 33.2 Å². The second-order valence-corrected chi connectivity index (χ2v) is 5.93. The molecule has 0 radical (unpaired) electrons. The number of aryl methyl sites for hydroxylation is 1. The molecule has 2 aromatic rings. The van der Waals surface area contributed by atoms with Crippen molar-refractivity contribution in [1.82, 2.24) is 0 Å². The van der Waals surface area contributed by atoms with Crippen LogP contribution >= 0.6 is 31.9 Å². The van der Waals surface area contributed by atoms with E-state index in [2.05, 4.69) is 38.8 Å². The fraction of sp³-hybridized carbons (Fsp3) is 0.333. The van der Waals surface area contributed by atoms with E-state index in [0.29, 0.717) is 0 Å². The van der Waals surface area contributed by atoms with Gasteiger partial charge in [0, 0.05) is 12.0 Å². The lowest BCUT2D eigenvalue weighted by molar-refractivity contribution is 0.385. The molecule has 0 aliphatic carbocycles. The summed E-state index contributed by atoms with van der Waals surface area (Å²) in [6.45, 7) is 2.07. The first-order valence-corrected chi connectivity index (χ1v) is 7.96. The van der Waals surface area contributed by atoms with E-state index < -0.39 is 0 Å². The Morgan fingerprint density at radius 2 is 1.90 bits per heavy atom. The van der Waals surface area contributed by atoms with Crippen molar-refractivity contribution in [2.75, 3.05) is 14.2 Å². The molecule has 3 nitrogen and oxygen atoms in total. The third-order valence-electron chi connectivity index (χ3n) is 3.07. The van der Waals surface area contributed by atoms with Crippen molar-refractivity contribution in [3.8, 4) is 11.5 Å². The van der Waals surface area contributed by atoms with Gasteiger partial charge in [-0.3, -0.25) is 0 Å². The van der Waals surface area contributed by atoms with E-state index in [4.69, 9.17) is 13.9 Å². The second-order valence-electron chi connectivity index (χ2n) is 4.22. The van der Waals surface area contributed by atoms with Crippen LogP contribution in [0.4, 0.5) is 0 Å². The van der Waals surface area contributed by atoms with E-state index in [1.165, 1.54) is 0 Å². The molecule has 20 heavy (non-hydrogen) atoms. The Kier molecular flexibility index (Phi) is 5.16. The Morgan fingerprint density at radius 1 is 1.15 bits per heavy atom. The van der Waals surface area contributed by atoms with Crippen molar-refractivity contribution in [3.05, 3.63) is 45.8 Å². The Balaban J connectivity index is 2.43. The van der Waals surface area contributed by atoms with Gasteiger partial charge in [0.1, 0.15) is 32.3 Å². The zero-order valence-electron chi connectivity index (χ0n) is 11.6. The Morgan fingerprint density at radius 3 is 2.45 bits per heavy atom. The minimum Gasteiger partial charge on any atom is -0.495 e. The molecule has 1 aromatic carbocycles. The summed E-state index contributed by atoms with van der Waals surface area (Å²) < 4.78 is 17.4. The zero-order chi connectivity index (χ0) is 14.7. The Hall–Kier alpha value is -0.940. The average molecular weight is 404 g/mol. The van der Waals surface area contributed by atoms with Gasteiger partial charge in [-0.15, -0.1) is 0 Å². The number of ether oxygens (including phenoxy) is 2. The van der Waals surface area contributed by atoms with Crippen LogP contribution in [0.2, 0.25) is 0 Å². The third-order valence-corrected chi connectivity index (χ3v) is 4.77. The SMILES string of the molecule is CCc1ccc(C(Br)c2ccc(OC)c(Br)c2OC)o1. The van der Waals surface area contributed by atoms with Crippen LogP contribution in [0.3, 0.4) is 0 Å². The van der Waals surface area contributed by atoms with Crippen LogP contribution in [0, 0.1) is 0 Å². The van der Waals surface area contributed by atoms with Gasteiger partial charge in [0.15, 0.2) is 0 Å². The number of hydrogen-bond acceptors (Lipinski definition) is 3.